The zero-order valence-electron chi connectivity index (χ0n) is 28.3. The average molecular weight is 759 g/mol. The summed E-state index contributed by atoms with van der Waals surface area (Å²) in [6, 6.07) is 10.1. The van der Waals surface area contributed by atoms with Gasteiger partial charge in [-0.2, -0.15) is 9.97 Å². The average Bonchev–Trinajstić information content (AvgIpc) is 3.70. The number of esters is 4. The standard InChI is InChI=1S/C33H32ClFN6O12/c1-4-49-30(44)33(31(45)50-5-2,14-17-6-8-18(9-7-17)28(42)48-3)51-15-21-24(53-29(43)19-10-12-20(13-11-19)41(46)47)22(35)27(52-21)40-16-37-23-25(36)38-32(34)39-26(23)40/h6-13,16,21-22,24,27H,4-5,14-15H2,1-3H3,(H2,36,38,39)/t21-,22+,24+,27?/m1/s1. The van der Waals surface area contributed by atoms with Crippen molar-refractivity contribution in [3.05, 3.63) is 86.9 Å². The van der Waals surface area contributed by atoms with Gasteiger partial charge in [-0.1, -0.05) is 12.1 Å². The summed E-state index contributed by atoms with van der Waals surface area (Å²) in [5.41, 5.74) is 3.51. The number of carbonyl (C=O) groups is 4. The molecule has 0 bridgehead atoms. The van der Waals surface area contributed by atoms with Crippen molar-refractivity contribution in [3.63, 3.8) is 0 Å². The first-order valence-corrected chi connectivity index (χ1v) is 16.3. The van der Waals surface area contributed by atoms with Crippen LogP contribution in [0.3, 0.4) is 0 Å². The SMILES string of the molecule is CCOC(=O)C(Cc1ccc(C(=O)OC)cc1)(OC[C@H]1OC(n2cnc3c(N)nc(Cl)nc32)[C@@H](F)[C@H]1OC(=O)c1ccc([N+](=O)[O-])cc1)C(=O)OCC. The van der Waals surface area contributed by atoms with Crippen molar-refractivity contribution in [1.82, 2.24) is 19.5 Å². The number of rotatable bonds is 14. The second-order valence-corrected chi connectivity index (χ2v) is 11.7. The number of aromatic nitrogens is 4. The number of hydrogen-bond acceptors (Lipinski definition) is 16. The lowest BCUT2D eigenvalue weighted by atomic mass is 9.93. The van der Waals surface area contributed by atoms with Crippen LogP contribution in [0.2, 0.25) is 5.28 Å². The molecule has 0 aliphatic carbocycles. The van der Waals surface area contributed by atoms with E-state index in [1.54, 1.807) is 0 Å². The third kappa shape index (κ3) is 8.01. The molecule has 53 heavy (non-hydrogen) atoms. The molecule has 4 atom stereocenters. The summed E-state index contributed by atoms with van der Waals surface area (Å²) >= 11 is 6.01. The van der Waals surface area contributed by atoms with Gasteiger partial charge in [0, 0.05) is 18.6 Å². The summed E-state index contributed by atoms with van der Waals surface area (Å²) in [6.45, 7) is 1.90. The number of nitro benzene ring substituents is 1. The number of halogens is 2. The van der Waals surface area contributed by atoms with Gasteiger partial charge in [0.15, 0.2) is 30.0 Å². The van der Waals surface area contributed by atoms with Gasteiger partial charge < -0.3 is 34.2 Å². The number of carbonyl (C=O) groups excluding carboxylic acids is 4. The van der Waals surface area contributed by atoms with Crippen molar-refractivity contribution >= 4 is 58.1 Å². The van der Waals surface area contributed by atoms with Crippen LogP contribution in [0.25, 0.3) is 11.2 Å². The summed E-state index contributed by atoms with van der Waals surface area (Å²) in [6.07, 6.45) is -6.43. The normalized spacial score (nSPS) is 18.4. The molecule has 280 valence electrons. The van der Waals surface area contributed by atoms with Crippen LogP contribution >= 0.6 is 11.6 Å². The van der Waals surface area contributed by atoms with E-state index in [1.165, 1.54) is 45.2 Å². The van der Waals surface area contributed by atoms with E-state index in [2.05, 4.69) is 15.0 Å². The number of anilines is 1. The van der Waals surface area contributed by atoms with Gasteiger partial charge in [0.1, 0.15) is 11.6 Å². The molecule has 5 rings (SSSR count). The number of fused-ring (bicyclic) bond motifs is 1. The Balaban J connectivity index is 1.52. The van der Waals surface area contributed by atoms with E-state index in [1.807, 2.05) is 0 Å². The van der Waals surface area contributed by atoms with Crippen LogP contribution in [0.1, 0.15) is 46.4 Å². The molecule has 4 aromatic rings. The van der Waals surface area contributed by atoms with Crippen LogP contribution in [-0.2, 0) is 44.4 Å². The second-order valence-electron chi connectivity index (χ2n) is 11.3. The third-order valence-electron chi connectivity index (χ3n) is 8.05. The molecule has 2 aromatic heterocycles. The number of ether oxygens (including phenoxy) is 6. The Kier molecular flexibility index (Phi) is 11.8. The van der Waals surface area contributed by atoms with E-state index >= 15 is 4.39 Å². The number of non-ortho nitro benzene ring substituents is 1. The molecule has 2 N–H and O–H groups in total. The topological polar surface area (TPSA) is 236 Å². The van der Waals surface area contributed by atoms with E-state index in [9.17, 15) is 29.3 Å². The van der Waals surface area contributed by atoms with Gasteiger partial charge in [-0.15, -0.1) is 0 Å². The van der Waals surface area contributed by atoms with Crippen LogP contribution in [0, 0.1) is 10.1 Å². The molecular formula is C33H32ClFN6O12. The van der Waals surface area contributed by atoms with Gasteiger partial charge >= 0.3 is 23.9 Å². The zero-order chi connectivity index (χ0) is 38.4. The highest BCUT2D eigenvalue weighted by Gasteiger charge is 2.54. The van der Waals surface area contributed by atoms with Crippen LogP contribution in [-0.4, -0.2) is 99.2 Å². The number of alkyl halides is 1. The molecule has 1 aliphatic heterocycles. The third-order valence-corrected chi connectivity index (χ3v) is 8.22. The number of hydrogen-bond donors (Lipinski definition) is 1. The van der Waals surface area contributed by atoms with Crippen LogP contribution in [0.5, 0.6) is 0 Å². The number of benzene rings is 2. The van der Waals surface area contributed by atoms with Gasteiger partial charge in [0.2, 0.25) is 5.28 Å². The lowest BCUT2D eigenvalue weighted by molar-refractivity contribution is -0.384. The predicted molar refractivity (Wildman–Crippen MR) is 179 cm³/mol. The molecule has 2 aromatic carbocycles. The lowest BCUT2D eigenvalue weighted by Gasteiger charge is -2.31. The first kappa shape index (κ1) is 38.4. The van der Waals surface area contributed by atoms with E-state index in [-0.39, 0.29) is 52.3 Å². The van der Waals surface area contributed by atoms with Crippen molar-refractivity contribution in [2.75, 3.05) is 32.7 Å². The minimum Gasteiger partial charge on any atom is -0.465 e. The molecular weight excluding hydrogens is 727 g/mol. The maximum atomic E-state index is 16.6. The quantitative estimate of drug-likeness (QED) is 0.0485. The molecule has 18 nitrogen and oxygen atoms in total. The van der Waals surface area contributed by atoms with Gasteiger partial charge in [-0.3, -0.25) is 14.7 Å². The van der Waals surface area contributed by atoms with Gasteiger partial charge in [-0.25, -0.2) is 28.6 Å². The Labute approximate surface area is 304 Å². The molecule has 0 radical (unpaired) electrons. The molecule has 20 heteroatoms. The van der Waals surface area contributed by atoms with Crippen molar-refractivity contribution in [2.45, 2.75) is 50.5 Å². The molecule has 1 saturated heterocycles. The fourth-order valence-corrected chi connectivity index (χ4v) is 5.65. The van der Waals surface area contributed by atoms with E-state index in [0.29, 0.717) is 5.56 Å². The van der Waals surface area contributed by atoms with Crippen molar-refractivity contribution in [3.8, 4) is 0 Å². The minimum absolute atomic E-state index is 0.0278. The fourth-order valence-electron chi connectivity index (χ4n) is 5.48. The largest absolute Gasteiger partial charge is 0.465 e. The maximum absolute atomic E-state index is 16.6. The summed E-state index contributed by atoms with van der Waals surface area (Å²) < 4.78 is 50.6. The van der Waals surface area contributed by atoms with Crippen molar-refractivity contribution in [1.29, 1.82) is 0 Å². The summed E-state index contributed by atoms with van der Waals surface area (Å²) in [5, 5.41) is 10.8. The maximum Gasteiger partial charge on any atom is 0.350 e. The van der Waals surface area contributed by atoms with Crippen LogP contribution in [0.15, 0.2) is 54.9 Å². The van der Waals surface area contributed by atoms with Crippen LogP contribution < -0.4 is 5.73 Å². The number of nitrogens with two attached hydrogens (primary N) is 1. The molecule has 0 amide bonds. The Morgan fingerprint density at radius 2 is 1.60 bits per heavy atom. The van der Waals surface area contributed by atoms with Gasteiger partial charge in [0.05, 0.1) is 49.3 Å². The highest BCUT2D eigenvalue weighted by molar-refractivity contribution is 6.28. The number of methoxy groups -OCH3 is 1. The molecule has 3 heterocycles. The molecule has 1 fully saturated rings. The smallest absolute Gasteiger partial charge is 0.350 e. The van der Waals surface area contributed by atoms with Gasteiger partial charge in [-0.05, 0) is 55.3 Å². The first-order valence-electron chi connectivity index (χ1n) is 15.9. The first-order chi connectivity index (χ1) is 25.3. The predicted octanol–water partition coefficient (Wildman–Crippen LogP) is 3.34. The van der Waals surface area contributed by atoms with Crippen LogP contribution in [0.4, 0.5) is 15.9 Å². The van der Waals surface area contributed by atoms with E-state index in [4.69, 9.17) is 45.8 Å². The summed E-state index contributed by atoms with van der Waals surface area (Å²) in [4.78, 5) is 75.1. The van der Waals surface area contributed by atoms with E-state index in [0.717, 1.165) is 35.2 Å². The molecule has 1 aliphatic rings. The number of imidazole rings is 1. The molecule has 0 saturated carbocycles. The monoisotopic (exact) mass is 758 g/mol. The zero-order valence-corrected chi connectivity index (χ0v) is 29.1. The van der Waals surface area contributed by atoms with E-state index < -0.39 is 72.0 Å². The highest BCUT2D eigenvalue weighted by Crippen LogP contribution is 2.38. The van der Waals surface area contributed by atoms with Crippen molar-refractivity contribution < 1.29 is 56.9 Å². The Bertz CT molecular complexity index is 1990. The Morgan fingerprint density at radius 3 is 2.19 bits per heavy atom. The summed E-state index contributed by atoms with van der Waals surface area (Å²) in [7, 11) is 1.21. The lowest BCUT2D eigenvalue weighted by Crippen LogP contribution is -2.54. The number of nitrogens with zero attached hydrogens (tertiary/aromatic N) is 5. The Morgan fingerprint density at radius 1 is 1.00 bits per heavy atom. The highest BCUT2D eigenvalue weighted by atomic mass is 35.5. The second kappa shape index (κ2) is 16.3. The number of nitrogen functional groups attached to an aromatic ring is 1. The summed E-state index contributed by atoms with van der Waals surface area (Å²) in [5.74, 6) is -4.12. The molecule has 0 spiro atoms. The fraction of sp³-hybridized carbons (Fsp3) is 0.364. The Hall–Kier alpha value is -5.79. The van der Waals surface area contributed by atoms with Gasteiger partial charge in [0.25, 0.3) is 11.3 Å². The molecule has 1 unspecified atom stereocenters. The van der Waals surface area contributed by atoms with Crippen molar-refractivity contribution in [2.24, 2.45) is 0 Å². The number of nitro groups is 1. The minimum atomic E-state index is -2.50.